The molecule has 0 aliphatic carbocycles. The van der Waals surface area contributed by atoms with Gasteiger partial charge < -0.3 is 5.32 Å². The fourth-order valence-electron chi connectivity index (χ4n) is 1.65. The first kappa shape index (κ1) is 12.1. The van der Waals surface area contributed by atoms with Gasteiger partial charge in [-0.15, -0.1) is 15.3 Å². The van der Waals surface area contributed by atoms with Crippen LogP contribution in [0.25, 0.3) is 0 Å². The minimum Gasteiger partial charge on any atom is -0.309 e. The lowest BCUT2D eigenvalue weighted by Gasteiger charge is -2.14. The van der Waals surface area contributed by atoms with Crippen LogP contribution in [0.5, 0.6) is 0 Å². The monoisotopic (exact) mass is 253 g/mol. The molecule has 0 aromatic carbocycles. The number of nitrogens with one attached hydrogen (secondary N) is 1. The van der Waals surface area contributed by atoms with Crippen LogP contribution >= 0.6 is 11.5 Å². The molecule has 1 unspecified atom stereocenters. The van der Waals surface area contributed by atoms with Crippen molar-refractivity contribution < 1.29 is 0 Å². The first-order valence-electron chi connectivity index (χ1n) is 5.45. The number of aromatic nitrogens is 6. The van der Waals surface area contributed by atoms with Crippen LogP contribution in [0, 0.1) is 6.92 Å². The summed E-state index contributed by atoms with van der Waals surface area (Å²) in [7, 11) is 1.76. The summed E-state index contributed by atoms with van der Waals surface area (Å²) in [5, 5.41) is 19.5. The van der Waals surface area contributed by atoms with Gasteiger partial charge in [0.1, 0.15) is 0 Å². The van der Waals surface area contributed by atoms with Crippen LogP contribution in [-0.2, 0) is 13.5 Å². The second-order valence-corrected chi connectivity index (χ2v) is 4.52. The molecular formula is C9H15N7S. The Morgan fingerprint density at radius 3 is 2.76 bits per heavy atom. The maximum absolute atomic E-state index is 4.19. The SMILES string of the molecule is CCNC(Cc1nnn(C)n1)c1snnc1C. The van der Waals surface area contributed by atoms with Crippen molar-refractivity contribution in [3.05, 3.63) is 16.4 Å². The van der Waals surface area contributed by atoms with Crippen LogP contribution in [0.2, 0.25) is 0 Å². The smallest absolute Gasteiger partial charge is 0.176 e. The topological polar surface area (TPSA) is 81.4 Å². The highest BCUT2D eigenvalue weighted by atomic mass is 32.1. The van der Waals surface area contributed by atoms with E-state index in [1.807, 2.05) is 6.92 Å². The van der Waals surface area contributed by atoms with E-state index < -0.39 is 0 Å². The fourth-order valence-corrected chi connectivity index (χ4v) is 2.37. The van der Waals surface area contributed by atoms with Crippen LogP contribution in [0.15, 0.2) is 0 Å². The van der Waals surface area contributed by atoms with Gasteiger partial charge in [-0.2, -0.15) is 4.80 Å². The Morgan fingerprint density at radius 2 is 2.24 bits per heavy atom. The second-order valence-electron chi connectivity index (χ2n) is 3.73. The van der Waals surface area contributed by atoms with Gasteiger partial charge in [-0.05, 0) is 30.2 Å². The fraction of sp³-hybridized carbons (Fsp3) is 0.667. The molecule has 0 bridgehead atoms. The summed E-state index contributed by atoms with van der Waals surface area (Å²) in [6.45, 7) is 4.91. The Bertz CT molecular complexity index is 477. The van der Waals surface area contributed by atoms with Crippen LogP contribution in [-0.4, -0.2) is 36.3 Å². The lowest BCUT2D eigenvalue weighted by atomic mass is 10.1. The van der Waals surface area contributed by atoms with Gasteiger partial charge in [0.05, 0.1) is 23.7 Å². The number of tetrazole rings is 1. The predicted molar refractivity (Wildman–Crippen MR) is 63.6 cm³/mol. The van der Waals surface area contributed by atoms with E-state index in [9.17, 15) is 0 Å². The molecule has 0 radical (unpaired) electrons. The molecule has 0 fully saturated rings. The Morgan fingerprint density at radius 1 is 1.41 bits per heavy atom. The summed E-state index contributed by atoms with van der Waals surface area (Å²) in [6, 6.07) is 0.157. The number of aryl methyl sites for hydroxylation is 2. The molecule has 0 saturated heterocycles. The van der Waals surface area contributed by atoms with E-state index >= 15 is 0 Å². The third kappa shape index (κ3) is 2.83. The van der Waals surface area contributed by atoms with Gasteiger partial charge >= 0.3 is 0 Å². The lowest BCUT2D eigenvalue weighted by molar-refractivity contribution is 0.539. The van der Waals surface area contributed by atoms with Gasteiger partial charge in [0.25, 0.3) is 0 Å². The molecule has 2 heterocycles. The van der Waals surface area contributed by atoms with E-state index in [-0.39, 0.29) is 6.04 Å². The van der Waals surface area contributed by atoms with Crippen molar-refractivity contribution >= 4 is 11.5 Å². The zero-order valence-corrected chi connectivity index (χ0v) is 10.9. The molecule has 92 valence electrons. The van der Waals surface area contributed by atoms with Crippen LogP contribution in [0.3, 0.4) is 0 Å². The summed E-state index contributed by atoms with van der Waals surface area (Å²) < 4.78 is 3.96. The first-order valence-corrected chi connectivity index (χ1v) is 6.23. The molecule has 2 aromatic heterocycles. The van der Waals surface area contributed by atoms with Crippen molar-refractivity contribution in [3.63, 3.8) is 0 Å². The minimum atomic E-state index is 0.157. The number of hydrogen-bond acceptors (Lipinski definition) is 7. The van der Waals surface area contributed by atoms with Crippen LogP contribution < -0.4 is 5.32 Å². The maximum atomic E-state index is 4.19. The van der Waals surface area contributed by atoms with E-state index in [0.717, 1.165) is 22.9 Å². The Labute approximate surface area is 103 Å². The molecule has 0 aliphatic rings. The highest BCUT2D eigenvalue weighted by molar-refractivity contribution is 7.05. The molecule has 0 aliphatic heterocycles. The molecule has 0 saturated carbocycles. The molecule has 0 spiro atoms. The van der Waals surface area contributed by atoms with Gasteiger partial charge in [0, 0.05) is 6.42 Å². The van der Waals surface area contributed by atoms with Gasteiger partial charge in [0.15, 0.2) is 5.82 Å². The Balaban J connectivity index is 2.15. The Hall–Kier alpha value is -1.41. The van der Waals surface area contributed by atoms with E-state index in [1.54, 1.807) is 7.05 Å². The first-order chi connectivity index (χ1) is 8.20. The molecule has 17 heavy (non-hydrogen) atoms. The predicted octanol–water partition coefficient (Wildman–Crippen LogP) is 0.263. The standard InChI is InChI=1S/C9H15N7S/c1-4-10-7(9-6(2)11-15-17-9)5-8-12-14-16(3)13-8/h7,10H,4-5H2,1-3H3. The normalized spacial score (nSPS) is 12.9. The minimum absolute atomic E-state index is 0.157. The van der Waals surface area contributed by atoms with Crippen molar-refractivity contribution in [2.24, 2.45) is 7.05 Å². The van der Waals surface area contributed by atoms with Crippen molar-refractivity contribution in [3.8, 4) is 0 Å². The van der Waals surface area contributed by atoms with Gasteiger partial charge in [-0.25, -0.2) is 0 Å². The Kier molecular flexibility index (Phi) is 3.75. The van der Waals surface area contributed by atoms with Crippen molar-refractivity contribution in [1.29, 1.82) is 0 Å². The summed E-state index contributed by atoms with van der Waals surface area (Å²) in [4.78, 5) is 2.61. The number of hydrogen-bond donors (Lipinski definition) is 1. The molecule has 1 N–H and O–H groups in total. The highest BCUT2D eigenvalue weighted by Gasteiger charge is 2.19. The molecule has 7 nitrogen and oxygen atoms in total. The summed E-state index contributed by atoms with van der Waals surface area (Å²) in [5.74, 6) is 0.728. The van der Waals surface area contributed by atoms with Crippen molar-refractivity contribution in [2.75, 3.05) is 6.54 Å². The zero-order valence-electron chi connectivity index (χ0n) is 10.1. The van der Waals surface area contributed by atoms with Crippen molar-refractivity contribution in [2.45, 2.75) is 26.3 Å². The number of rotatable bonds is 5. The summed E-state index contributed by atoms with van der Waals surface area (Å²) in [5.41, 5.74) is 0.963. The highest BCUT2D eigenvalue weighted by Crippen LogP contribution is 2.22. The molecule has 2 rings (SSSR count). The van der Waals surface area contributed by atoms with Crippen molar-refractivity contribution in [1.82, 2.24) is 35.1 Å². The van der Waals surface area contributed by atoms with Gasteiger partial charge in [-0.1, -0.05) is 11.4 Å². The van der Waals surface area contributed by atoms with Gasteiger partial charge in [-0.3, -0.25) is 0 Å². The zero-order chi connectivity index (χ0) is 12.3. The molecule has 1 atom stereocenters. The average Bonchev–Trinajstić information content (AvgIpc) is 2.87. The number of nitrogens with zero attached hydrogens (tertiary/aromatic N) is 6. The third-order valence-corrected chi connectivity index (χ3v) is 3.33. The summed E-state index contributed by atoms with van der Waals surface area (Å²) >= 11 is 1.42. The van der Waals surface area contributed by atoms with E-state index in [0.29, 0.717) is 6.42 Å². The second kappa shape index (κ2) is 5.28. The lowest BCUT2D eigenvalue weighted by Crippen LogP contribution is -2.23. The molecule has 8 heteroatoms. The van der Waals surface area contributed by atoms with E-state index in [2.05, 4.69) is 37.2 Å². The molecule has 2 aromatic rings. The third-order valence-electron chi connectivity index (χ3n) is 2.39. The molecular weight excluding hydrogens is 238 g/mol. The van der Waals surface area contributed by atoms with Crippen LogP contribution in [0.4, 0.5) is 0 Å². The van der Waals surface area contributed by atoms with Gasteiger partial charge in [0.2, 0.25) is 0 Å². The van der Waals surface area contributed by atoms with E-state index in [1.165, 1.54) is 16.3 Å². The quantitative estimate of drug-likeness (QED) is 0.823. The maximum Gasteiger partial charge on any atom is 0.176 e. The largest absolute Gasteiger partial charge is 0.309 e. The van der Waals surface area contributed by atoms with E-state index in [4.69, 9.17) is 0 Å². The summed E-state index contributed by atoms with van der Waals surface area (Å²) in [6.07, 6.45) is 0.701. The van der Waals surface area contributed by atoms with Crippen LogP contribution in [0.1, 0.15) is 29.4 Å². The number of likely N-dealkylation sites (N-methyl/N-ethyl adjacent to an activating group) is 1. The molecule has 0 amide bonds. The average molecular weight is 253 g/mol.